The van der Waals surface area contributed by atoms with Crippen molar-refractivity contribution in [3.63, 3.8) is 0 Å². The van der Waals surface area contributed by atoms with Gasteiger partial charge in [-0.1, -0.05) is 12.8 Å². The monoisotopic (exact) mass is 267 g/mol. The number of carbonyl (C=O) groups is 1. The quantitative estimate of drug-likeness (QED) is 0.872. The molecule has 1 aliphatic carbocycles. The summed E-state index contributed by atoms with van der Waals surface area (Å²) in [7, 11) is 0. The van der Waals surface area contributed by atoms with Crippen LogP contribution in [0.25, 0.3) is 0 Å². The molecule has 0 unspecified atom stereocenters. The first kappa shape index (κ1) is 13.5. The van der Waals surface area contributed by atoms with Crippen molar-refractivity contribution in [1.82, 2.24) is 10.3 Å². The Morgan fingerprint density at radius 2 is 2.11 bits per heavy atom. The second-order valence-corrected chi connectivity index (χ2v) is 6.40. The van der Waals surface area contributed by atoms with Crippen molar-refractivity contribution in [2.45, 2.75) is 51.5 Å². The molecule has 1 saturated carbocycles. The van der Waals surface area contributed by atoms with E-state index in [-0.39, 0.29) is 5.91 Å². The van der Waals surface area contributed by atoms with Crippen LogP contribution in [-0.2, 0) is 11.2 Å². The van der Waals surface area contributed by atoms with E-state index in [1.807, 2.05) is 13.8 Å². The molecular weight excluding hydrogens is 246 g/mol. The van der Waals surface area contributed by atoms with Crippen LogP contribution in [0.15, 0.2) is 0 Å². The molecule has 0 bridgehead atoms. The number of hydrogen-bond acceptors (Lipinski definition) is 4. The number of carbonyl (C=O) groups excluding carboxylic acids is 1. The smallest absolute Gasteiger partial charge is 0.240 e. The van der Waals surface area contributed by atoms with E-state index in [0.717, 1.165) is 42.8 Å². The highest BCUT2D eigenvalue weighted by atomic mass is 32.1. The van der Waals surface area contributed by atoms with Gasteiger partial charge < -0.3 is 11.1 Å². The average Bonchev–Trinajstić information content (AvgIpc) is 2.87. The van der Waals surface area contributed by atoms with E-state index < -0.39 is 5.54 Å². The second kappa shape index (κ2) is 5.36. The van der Waals surface area contributed by atoms with E-state index in [9.17, 15) is 4.79 Å². The van der Waals surface area contributed by atoms with Crippen molar-refractivity contribution in [2.24, 2.45) is 5.73 Å². The van der Waals surface area contributed by atoms with E-state index in [0.29, 0.717) is 6.54 Å². The number of amides is 1. The van der Waals surface area contributed by atoms with Gasteiger partial charge in [0, 0.05) is 17.8 Å². The first-order valence-corrected chi connectivity index (χ1v) is 7.33. The van der Waals surface area contributed by atoms with Gasteiger partial charge in [-0.05, 0) is 26.7 Å². The minimum absolute atomic E-state index is 0.0129. The van der Waals surface area contributed by atoms with E-state index in [2.05, 4.69) is 10.3 Å². The number of aromatic nitrogens is 1. The molecule has 18 heavy (non-hydrogen) atoms. The zero-order valence-electron chi connectivity index (χ0n) is 11.1. The number of hydrogen-bond donors (Lipinski definition) is 2. The van der Waals surface area contributed by atoms with Gasteiger partial charge in [-0.2, -0.15) is 0 Å². The molecule has 0 atom stereocenters. The van der Waals surface area contributed by atoms with Crippen molar-refractivity contribution in [3.05, 3.63) is 15.6 Å². The first-order valence-electron chi connectivity index (χ1n) is 6.51. The van der Waals surface area contributed by atoms with Crippen molar-refractivity contribution in [2.75, 3.05) is 6.54 Å². The molecule has 0 radical (unpaired) electrons. The lowest BCUT2D eigenvalue weighted by Gasteiger charge is -2.22. The summed E-state index contributed by atoms with van der Waals surface area (Å²) in [6.45, 7) is 4.68. The zero-order chi connectivity index (χ0) is 13.2. The third-order valence-corrected chi connectivity index (χ3v) is 4.72. The topological polar surface area (TPSA) is 68.0 Å². The lowest BCUT2D eigenvalue weighted by molar-refractivity contribution is -0.126. The molecule has 3 N–H and O–H groups in total. The fourth-order valence-corrected chi connectivity index (χ4v) is 3.44. The molecule has 1 amide bonds. The Labute approximate surface area is 112 Å². The normalized spacial score (nSPS) is 17.9. The Bertz CT molecular complexity index is 435. The van der Waals surface area contributed by atoms with Crippen LogP contribution >= 0.6 is 11.3 Å². The van der Waals surface area contributed by atoms with Gasteiger partial charge in [0.1, 0.15) is 0 Å². The van der Waals surface area contributed by atoms with Crippen molar-refractivity contribution in [1.29, 1.82) is 0 Å². The highest BCUT2D eigenvalue weighted by Gasteiger charge is 2.36. The lowest BCUT2D eigenvalue weighted by Crippen LogP contribution is -2.52. The fourth-order valence-electron chi connectivity index (χ4n) is 2.50. The van der Waals surface area contributed by atoms with Crippen LogP contribution in [0.5, 0.6) is 0 Å². The summed E-state index contributed by atoms with van der Waals surface area (Å²) in [5.41, 5.74) is 6.56. The molecule has 1 aromatic rings. The fraction of sp³-hybridized carbons (Fsp3) is 0.692. The molecule has 2 rings (SSSR count). The van der Waals surface area contributed by atoms with Gasteiger partial charge in [0.25, 0.3) is 0 Å². The molecule has 1 fully saturated rings. The molecular formula is C13H21N3OS. The third kappa shape index (κ3) is 2.90. The minimum Gasteiger partial charge on any atom is -0.354 e. The Balaban J connectivity index is 1.82. The Morgan fingerprint density at radius 3 is 2.67 bits per heavy atom. The lowest BCUT2D eigenvalue weighted by atomic mass is 9.98. The number of nitrogens with zero attached hydrogens (tertiary/aromatic N) is 1. The molecule has 0 saturated heterocycles. The molecule has 4 nitrogen and oxygen atoms in total. The standard InChI is InChI=1S/C13H21N3OS/c1-9-11(18-10(2)16-9)5-8-15-12(17)13(14)6-3-4-7-13/h3-8,14H2,1-2H3,(H,15,17). The first-order chi connectivity index (χ1) is 8.51. The van der Waals surface area contributed by atoms with Crippen LogP contribution < -0.4 is 11.1 Å². The molecule has 1 heterocycles. The van der Waals surface area contributed by atoms with Gasteiger partial charge in [-0.3, -0.25) is 4.79 Å². The SMILES string of the molecule is Cc1nc(C)c(CCNC(=O)C2(N)CCCC2)s1. The summed E-state index contributed by atoms with van der Waals surface area (Å²) in [6, 6.07) is 0. The summed E-state index contributed by atoms with van der Waals surface area (Å²) in [4.78, 5) is 17.6. The van der Waals surface area contributed by atoms with E-state index in [4.69, 9.17) is 5.73 Å². The molecule has 0 aliphatic heterocycles. The summed E-state index contributed by atoms with van der Waals surface area (Å²) in [6.07, 6.45) is 4.61. The van der Waals surface area contributed by atoms with Gasteiger partial charge in [0.05, 0.1) is 16.2 Å². The summed E-state index contributed by atoms with van der Waals surface area (Å²) >= 11 is 1.70. The number of aryl methyl sites for hydroxylation is 2. The molecule has 5 heteroatoms. The van der Waals surface area contributed by atoms with Crippen LogP contribution in [0.1, 0.15) is 41.3 Å². The number of thiazole rings is 1. The highest BCUT2D eigenvalue weighted by molar-refractivity contribution is 7.11. The van der Waals surface area contributed by atoms with Gasteiger partial charge in [0.2, 0.25) is 5.91 Å². The minimum atomic E-state index is -0.612. The Morgan fingerprint density at radius 1 is 1.44 bits per heavy atom. The van der Waals surface area contributed by atoms with Crippen LogP contribution in [0.2, 0.25) is 0 Å². The maximum Gasteiger partial charge on any atom is 0.240 e. The third-order valence-electron chi connectivity index (χ3n) is 3.59. The largest absolute Gasteiger partial charge is 0.354 e. The van der Waals surface area contributed by atoms with E-state index in [1.54, 1.807) is 11.3 Å². The molecule has 0 aromatic carbocycles. The van der Waals surface area contributed by atoms with Crippen LogP contribution in [0.3, 0.4) is 0 Å². The highest BCUT2D eigenvalue weighted by Crippen LogP contribution is 2.27. The van der Waals surface area contributed by atoms with Gasteiger partial charge in [-0.15, -0.1) is 11.3 Å². The van der Waals surface area contributed by atoms with Crippen molar-refractivity contribution in [3.8, 4) is 0 Å². The van der Waals surface area contributed by atoms with Gasteiger partial charge in [0.15, 0.2) is 0 Å². The average molecular weight is 267 g/mol. The molecule has 1 aliphatic rings. The van der Waals surface area contributed by atoms with Gasteiger partial charge in [-0.25, -0.2) is 4.98 Å². The predicted octanol–water partition coefficient (Wildman–Crippen LogP) is 1.69. The molecule has 100 valence electrons. The Kier molecular flexibility index (Phi) is 4.02. The number of nitrogens with two attached hydrogens (primary N) is 1. The van der Waals surface area contributed by atoms with Crippen LogP contribution in [0.4, 0.5) is 0 Å². The predicted molar refractivity (Wildman–Crippen MR) is 73.7 cm³/mol. The molecule has 0 spiro atoms. The van der Waals surface area contributed by atoms with Crippen LogP contribution in [0, 0.1) is 13.8 Å². The molecule has 1 aromatic heterocycles. The van der Waals surface area contributed by atoms with Gasteiger partial charge >= 0.3 is 0 Å². The zero-order valence-corrected chi connectivity index (χ0v) is 11.9. The maximum absolute atomic E-state index is 12.0. The second-order valence-electron chi connectivity index (χ2n) is 5.11. The van der Waals surface area contributed by atoms with E-state index in [1.165, 1.54) is 4.88 Å². The summed E-state index contributed by atoms with van der Waals surface area (Å²) < 4.78 is 0. The van der Waals surface area contributed by atoms with Crippen LogP contribution in [-0.4, -0.2) is 23.0 Å². The Hall–Kier alpha value is -0.940. The number of rotatable bonds is 4. The maximum atomic E-state index is 12.0. The van der Waals surface area contributed by atoms with E-state index >= 15 is 0 Å². The van der Waals surface area contributed by atoms with Crippen molar-refractivity contribution >= 4 is 17.2 Å². The summed E-state index contributed by atoms with van der Waals surface area (Å²) in [5.74, 6) is 0.0129. The number of nitrogens with one attached hydrogen (secondary N) is 1. The summed E-state index contributed by atoms with van der Waals surface area (Å²) in [5, 5.41) is 4.05. The van der Waals surface area contributed by atoms with Crippen molar-refractivity contribution < 1.29 is 4.79 Å².